The molecule has 1 atom stereocenters. The fourth-order valence-electron chi connectivity index (χ4n) is 2.47. The van der Waals surface area contributed by atoms with Crippen LogP contribution in [0.4, 0.5) is 0 Å². The van der Waals surface area contributed by atoms with Crippen LogP contribution < -0.4 is 14.8 Å². The van der Waals surface area contributed by atoms with Gasteiger partial charge in [-0.1, -0.05) is 36.4 Å². The van der Waals surface area contributed by atoms with E-state index in [1.807, 2.05) is 30.3 Å². The van der Waals surface area contributed by atoms with Crippen molar-refractivity contribution in [2.75, 3.05) is 14.2 Å². The van der Waals surface area contributed by atoms with Crippen molar-refractivity contribution in [2.24, 2.45) is 0 Å². The largest absolute Gasteiger partial charge is 0.497 e. The molecule has 0 aliphatic rings. The summed E-state index contributed by atoms with van der Waals surface area (Å²) in [5.41, 5.74) is 1.50. The molecule has 25 heavy (non-hydrogen) atoms. The Kier molecular flexibility index (Phi) is 6.39. The second-order valence-corrected chi connectivity index (χ2v) is 5.50. The highest BCUT2D eigenvalue weighted by molar-refractivity contribution is 5.85. The summed E-state index contributed by atoms with van der Waals surface area (Å²) >= 11 is 0. The Morgan fingerprint density at radius 1 is 1.08 bits per heavy atom. The number of aliphatic carboxylic acids is 1. The standard InChI is InChI=1S/C19H21NO5/c1-24-15-9-8-14(17(12-15)25-2)11-18(21)20-16(19(22)23)10-13-6-4-3-5-7-13/h3-9,12,16H,10-11H2,1-2H3,(H,20,21)(H,22,23). The Morgan fingerprint density at radius 2 is 1.80 bits per heavy atom. The fourth-order valence-corrected chi connectivity index (χ4v) is 2.47. The number of nitrogens with one attached hydrogen (secondary N) is 1. The van der Waals surface area contributed by atoms with Crippen LogP contribution >= 0.6 is 0 Å². The molecule has 0 bridgehead atoms. The van der Waals surface area contributed by atoms with Crippen LogP contribution in [-0.4, -0.2) is 37.2 Å². The number of amides is 1. The zero-order valence-corrected chi connectivity index (χ0v) is 14.2. The first kappa shape index (κ1) is 18.3. The molecule has 2 N–H and O–H groups in total. The molecule has 0 heterocycles. The maximum atomic E-state index is 12.3. The number of ether oxygens (including phenoxy) is 2. The van der Waals surface area contributed by atoms with Crippen LogP contribution in [0.15, 0.2) is 48.5 Å². The van der Waals surface area contributed by atoms with Crippen molar-refractivity contribution in [1.29, 1.82) is 0 Å². The van der Waals surface area contributed by atoms with Gasteiger partial charge in [0, 0.05) is 18.1 Å². The number of methoxy groups -OCH3 is 2. The van der Waals surface area contributed by atoms with E-state index >= 15 is 0 Å². The summed E-state index contributed by atoms with van der Waals surface area (Å²) in [7, 11) is 3.05. The fraction of sp³-hybridized carbons (Fsp3) is 0.263. The molecule has 0 spiro atoms. The molecule has 0 saturated carbocycles. The smallest absolute Gasteiger partial charge is 0.326 e. The molecule has 2 aromatic carbocycles. The molecule has 1 amide bonds. The molecule has 1 unspecified atom stereocenters. The lowest BCUT2D eigenvalue weighted by atomic mass is 10.1. The Balaban J connectivity index is 2.05. The summed E-state index contributed by atoms with van der Waals surface area (Å²) < 4.78 is 10.4. The van der Waals surface area contributed by atoms with E-state index in [-0.39, 0.29) is 18.7 Å². The van der Waals surface area contributed by atoms with Crippen molar-refractivity contribution in [2.45, 2.75) is 18.9 Å². The van der Waals surface area contributed by atoms with E-state index < -0.39 is 12.0 Å². The Hall–Kier alpha value is -3.02. The molecular formula is C19H21NO5. The van der Waals surface area contributed by atoms with Crippen LogP contribution in [0, 0.1) is 0 Å². The van der Waals surface area contributed by atoms with Crippen molar-refractivity contribution in [3.63, 3.8) is 0 Å². The summed E-state index contributed by atoms with van der Waals surface area (Å²) in [6.07, 6.45) is 0.243. The van der Waals surface area contributed by atoms with Crippen molar-refractivity contribution < 1.29 is 24.2 Å². The molecule has 0 aliphatic heterocycles. The van der Waals surface area contributed by atoms with Crippen LogP contribution in [0.1, 0.15) is 11.1 Å². The number of rotatable bonds is 8. The van der Waals surface area contributed by atoms with Gasteiger partial charge in [-0.05, 0) is 11.6 Å². The number of hydrogen-bond acceptors (Lipinski definition) is 4. The van der Waals surface area contributed by atoms with Crippen molar-refractivity contribution in [3.05, 3.63) is 59.7 Å². The van der Waals surface area contributed by atoms with Gasteiger partial charge in [0.1, 0.15) is 17.5 Å². The van der Waals surface area contributed by atoms with Gasteiger partial charge in [0.25, 0.3) is 0 Å². The molecule has 0 aliphatic carbocycles. The van der Waals surface area contributed by atoms with Crippen LogP contribution in [0.3, 0.4) is 0 Å². The first-order chi connectivity index (χ1) is 12.0. The predicted molar refractivity (Wildman–Crippen MR) is 93.0 cm³/mol. The molecule has 0 fully saturated rings. The normalized spacial score (nSPS) is 11.4. The highest BCUT2D eigenvalue weighted by atomic mass is 16.5. The number of hydrogen-bond donors (Lipinski definition) is 2. The molecule has 6 nitrogen and oxygen atoms in total. The zero-order valence-electron chi connectivity index (χ0n) is 14.2. The van der Waals surface area contributed by atoms with E-state index in [0.29, 0.717) is 17.1 Å². The lowest BCUT2D eigenvalue weighted by molar-refractivity contribution is -0.141. The summed E-state index contributed by atoms with van der Waals surface area (Å²) in [5.74, 6) is -0.316. The maximum Gasteiger partial charge on any atom is 0.326 e. The average molecular weight is 343 g/mol. The minimum absolute atomic E-state index is 0.0196. The second-order valence-electron chi connectivity index (χ2n) is 5.50. The molecule has 2 aromatic rings. The Bertz CT molecular complexity index is 730. The van der Waals surface area contributed by atoms with Gasteiger partial charge >= 0.3 is 5.97 Å². The van der Waals surface area contributed by atoms with E-state index in [9.17, 15) is 14.7 Å². The monoisotopic (exact) mass is 343 g/mol. The average Bonchev–Trinajstić information content (AvgIpc) is 2.62. The molecule has 0 radical (unpaired) electrons. The summed E-state index contributed by atoms with van der Waals surface area (Å²) in [6, 6.07) is 13.3. The van der Waals surface area contributed by atoms with Gasteiger partial charge in [-0.15, -0.1) is 0 Å². The molecule has 0 aromatic heterocycles. The zero-order chi connectivity index (χ0) is 18.2. The highest BCUT2D eigenvalue weighted by Crippen LogP contribution is 2.24. The number of carboxylic acids is 1. The van der Waals surface area contributed by atoms with Gasteiger partial charge in [0.15, 0.2) is 0 Å². The van der Waals surface area contributed by atoms with Gasteiger partial charge in [-0.2, -0.15) is 0 Å². The quantitative estimate of drug-likeness (QED) is 0.766. The third-order valence-corrected chi connectivity index (χ3v) is 3.76. The number of carbonyl (C=O) groups excluding carboxylic acids is 1. The predicted octanol–water partition coefficient (Wildman–Crippen LogP) is 2.06. The van der Waals surface area contributed by atoms with Crippen LogP contribution in [0.5, 0.6) is 11.5 Å². The second kappa shape index (κ2) is 8.73. The minimum atomic E-state index is -1.07. The third kappa shape index (κ3) is 5.24. The summed E-state index contributed by atoms with van der Waals surface area (Å²) in [5, 5.41) is 11.9. The number of carboxylic acid groups (broad SMARTS) is 1. The lowest BCUT2D eigenvalue weighted by Gasteiger charge is -2.16. The van der Waals surface area contributed by atoms with Gasteiger partial charge in [0.05, 0.1) is 20.6 Å². The van der Waals surface area contributed by atoms with E-state index in [1.54, 1.807) is 25.3 Å². The topological polar surface area (TPSA) is 84.9 Å². The lowest BCUT2D eigenvalue weighted by Crippen LogP contribution is -2.43. The van der Waals surface area contributed by atoms with E-state index in [4.69, 9.17) is 9.47 Å². The number of carbonyl (C=O) groups is 2. The molecule has 0 saturated heterocycles. The molecule has 6 heteroatoms. The van der Waals surface area contributed by atoms with Crippen molar-refractivity contribution in [3.8, 4) is 11.5 Å². The third-order valence-electron chi connectivity index (χ3n) is 3.76. The summed E-state index contributed by atoms with van der Waals surface area (Å²) in [6.45, 7) is 0. The van der Waals surface area contributed by atoms with Gasteiger partial charge in [-0.3, -0.25) is 4.79 Å². The Labute approximate surface area is 146 Å². The van der Waals surface area contributed by atoms with E-state index in [2.05, 4.69) is 5.32 Å². The van der Waals surface area contributed by atoms with Crippen LogP contribution in [0.25, 0.3) is 0 Å². The molecule has 2 rings (SSSR count). The Morgan fingerprint density at radius 3 is 2.40 bits per heavy atom. The van der Waals surface area contributed by atoms with Crippen LogP contribution in [0.2, 0.25) is 0 Å². The maximum absolute atomic E-state index is 12.3. The number of benzene rings is 2. The SMILES string of the molecule is COc1ccc(CC(=O)NC(Cc2ccccc2)C(=O)O)c(OC)c1. The molecular weight excluding hydrogens is 322 g/mol. The van der Waals surface area contributed by atoms with Gasteiger partial charge < -0.3 is 19.9 Å². The van der Waals surface area contributed by atoms with Crippen molar-refractivity contribution in [1.82, 2.24) is 5.32 Å². The van der Waals surface area contributed by atoms with Gasteiger partial charge in [0.2, 0.25) is 5.91 Å². The minimum Gasteiger partial charge on any atom is -0.497 e. The van der Waals surface area contributed by atoms with Crippen molar-refractivity contribution >= 4 is 11.9 Å². The highest BCUT2D eigenvalue weighted by Gasteiger charge is 2.21. The van der Waals surface area contributed by atoms with E-state index in [1.165, 1.54) is 7.11 Å². The molecule has 132 valence electrons. The first-order valence-corrected chi connectivity index (χ1v) is 7.80. The van der Waals surface area contributed by atoms with E-state index in [0.717, 1.165) is 5.56 Å². The van der Waals surface area contributed by atoms with Gasteiger partial charge in [-0.25, -0.2) is 4.79 Å². The van der Waals surface area contributed by atoms with Crippen LogP contribution in [-0.2, 0) is 22.4 Å². The first-order valence-electron chi connectivity index (χ1n) is 7.80. The summed E-state index contributed by atoms with van der Waals surface area (Å²) in [4.78, 5) is 23.7.